The number of rotatable bonds is 4. The first-order valence-electron chi connectivity index (χ1n) is 4.20. The second-order valence-electron chi connectivity index (χ2n) is 2.99. The summed E-state index contributed by atoms with van der Waals surface area (Å²) in [5, 5.41) is 19.0. The number of aliphatic hydroxyl groups excluding tert-OH is 2. The van der Waals surface area contributed by atoms with Crippen LogP contribution in [0.1, 0.15) is 18.3 Å². The van der Waals surface area contributed by atoms with E-state index in [1.54, 1.807) is 24.0 Å². The summed E-state index contributed by atoms with van der Waals surface area (Å²) in [6.45, 7) is 0.350. The lowest BCUT2D eigenvalue weighted by atomic mass is 10.1. The van der Waals surface area contributed by atoms with Crippen LogP contribution in [-0.4, -0.2) is 32.4 Å². The predicted molar refractivity (Wildman–Crippen MR) is 47.8 cm³/mol. The summed E-state index contributed by atoms with van der Waals surface area (Å²) in [5.41, 5.74) is 5.26. The maximum atomic E-state index is 9.60. The van der Waals surface area contributed by atoms with Crippen molar-refractivity contribution in [2.24, 2.45) is 12.8 Å². The molecule has 2 unspecified atom stereocenters. The van der Waals surface area contributed by atoms with Gasteiger partial charge in [-0.15, -0.1) is 0 Å². The van der Waals surface area contributed by atoms with E-state index in [1.807, 2.05) is 0 Å². The number of hydrogen-bond acceptors (Lipinski definition) is 4. The van der Waals surface area contributed by atoms with Gasteiger partial charge in [-0.3, -0.25) is 0 Å². The summed E-state index contributed by atoms with van der Waals surface area (Å²) in [4.78, 5) is 3.93. The number of aromatic nitrogens is 2. The van der Waals surface area contributed by atoms with E-state index in [9.17, 15) is 10.2 Å². The number of aryl methyl sites for hydroxylation is 1. The zero-order valence-corrected chi connectivity index (χ0v) is 7.59. The molecule has 1 rings (SSSR count). The molecule has 5 heteroatoms. The SMILES string of the molecule is Cn1ccnc1C(O)C(O)CCN. The molecule has 0 saturated heterocycles. The van der Waals surface area contributed by atoms with Crippen LogP contribution in [0.3, 0.4) is 0 Å². The Hall–Kier alpha value is -0.910. The fourth-order valence-corrected chi connectivity index (χ4v) is 1.16. The summed E-state index contributed by atoms with van der Waals surface area (Å²) >= 11 is 0. The summed E-state index contributed by atoms with van der Waals surface area (Å²) in [6.07, 6.45) is 1.87. The third-order valence-corrected chi connectivity index (χ3v) is 1.95. The van der Waals surface area contributed by atoms with Crippen LogP contribution in [0, 0.1) is 0 Å². The van der Waals surface area contributed by atoms with Crippen molar-refractivity contribution >= 4 is 0 Å². The topological polar surface area (TPSA) is 84.3 Å². The van der Waals surface area contributed by atoms with Gasteiger partial charge in [-0.2, -0.15) is 0 Å². The largest absolute Gasteiger partial charge is 0.390 e. The Morgan fingerprint density at radius 3 is 2.77 bits per heavy atom. The smallest absolute Gasteiger partial charge is 0.140 e. The van der Waals surface area contributed by atoms with Crippen molar-refractivity contribution in [2.45, 2.75) is 18.6 Å². The Morgan fingerprint density at radius 1 is 1.62 bits per heavy atom. The molecule has 1 aromatic rings. The molecule has 13 heavy (non-hydrogen) atoms. The highest BCUT2D eigenvalue weighted by atomic mass is 16.3. The number of aliphatic hydroxyl groups is 2. The summed E-state index contributed by atoms with van der Waals surface area (Å²) in [5.74, 6) is 0.459. The van der Waals surface area contributed by atoms with Gasteiger partial charge in [0.2, 0.25) is 0 Å². The molecule has 74 valence electrons. The minimum absolute atomic E-state index is 0.350. The van der Waals surface area contributed by atoms with Crippen LogP contribution < -0.4 is 5.73 Å². The lowest BCUT2D eigenvalue weighted by Crippen LogP contribution is -2.23. The van der Waals surface area contributed by atoms with Crippen LogP contribution in [0.4, 0.5) is 0 Å². The van der Waals surface area contributed by atoms with Gasteiger partial charge in [-0.05, 0) is 13.0 Å². The number of nitrogens with zero attached hydrogens (tertiary/aromatic N) is 2. The summed E-state index contributed by atoms with van der Waals surface area (Å²) in [6, 6.07) is 0. The lowest BCUT2D eigenvalue weighted by Gasteiger charge is -2.16. The molecule has 0 aliphatic heterocycles. The van der Waals surface area contributed by atoms with E-state index in [2.05, 4.69) is 4.98 Å². The van der Waals surface area contributed by atoms with E-state index >= 15 is 0 Å². The van der Waals surface area contributed by atoms with Gasteiger partial charge in [0, 0.05) is 19.4 Å². The van der Waals surface area contributed by atoms with E-state index < -0.39 is 12.2 Å². The molecule has 0 saturated carbocycles. The van der Waals surface area contributed by atoms with Crippen molar-refractivity contribution in [1.29, 1.82) is 0 Å². The quantitative estimate of drug-likeness (QED) is 0.571. The Balaban J connectivity index is 2.67. The molecule has 1 aromatic heterocycles. The van der Waals surface area contributed by atoms with Gasteiger partial charge >= 0.3 is 0 Å². The van der Waals surface area contributed by atoms with Crippen molar-refractivity contribution in [2.75, 3.05) is 6.54 Å². The fourth-order valence-electron chi connectivity index (χ4n) is 1.16. The summed E-state index contributed by atoms with van der Waals surface area (Å²) < 4.78 is 1.67. The molecule has 0 aliphatic carbocycles. The van der Waals surface area contributed by atoms with Gasteiger partial charge < -0.3 is 20.5 Å². The zero-order valence-electron chi connectivity index (χ0n) is 7.59. The maximum absolute atomic E-state index is 9.60. The minimum atomic E-state index is -0.955. The van der Waals surface area contributed by atoms with Gasteiger partial charge in [0.25, 0.3) is 0 Å². The molecule has 5 nitrogen and oxygen atoms in total. The monoisotopic (exact) mass is 185 g/mol. The van der Waals surface area contributed by atoms with E-state index in [1.165, 1.54) is 0 Å². The van der Waals surface area contributed by atoms with E-state index in [0.29, 0.717) is 18.8 Å². The molecule has 0 amide bonds. The molecule has 2 atom stereocenters. The highest BCUT2D eigenvalue weighted by molar-refractivity contribution is 4.97. The van der Waals surface area contributed by atoms with Gasteiger partial charge in [0.1, 0.15) is 11.9 Å². The molecule has 4 N–H and O–H groups in total. The first kappa shape index (κ1) is 10.2. The normalized spacial score (nSPS) is 15.7. The van der Waals surface area contributed by atoms with Crippen molar-refractivity contribution in [3.05, 3.63) is 18.2 Å². The third kappa shape index (κ3) is 2.27. The van der Waals surface area contributed by atoms with E-state index in [0.717, 1.165) is 0 Å². The van der Waals surface area contributed by atoms with Crippen molar-refractivity contribution < 1.29 is 10.2 Å². The Kier molecular flexibility index (Phi) is 3.41. The highest BCUT2D eigenvalue weighted by Gasteiger charge is 2.20. The van der Waals surface area contributed by atoms with Gasteiger partial charge in [-0.25, -0.2) is 4.98 Å². The first-order chi connectivity index (χ1) is 6.16. The lowest BCUT2D eigenvalue weighted by molar-refractivity contribution is 0.00824. The van der Waals surface area contributed by atoms with Crippen molar-refractivity contribution in [3.8, 4) is 0 Å². The average Bonchev–Trinajstić information content (AvgIpc) is 2.50. The molecule has 1 heterocycles. The zero-order chi connectivity index (χ0) is 9.84. The molecule has 0 spiro atoms. The number of hydrogen-bond donors (Lipinski definition) is 3. The maximum Gasteiger partial charge on any atom is 0.140 e. The van der Waals surface area contributed by atoms with Crippen LogP contribution in [0.2, 0.25) is 0 Å². The molecule has 0 fully saturated rings. The van der Waals surface area contributed by atoms with Crippen LogP contribution >= 0.6 is 0 Å². The fraction of sp³-hybridized carbons (Fsp3) is 0.625. The van der Waals surface area contributed by atoms with Crippen LogP contribution in [-0.2, 0) is 7.05 Å². The number of nitrogens with two attached hydrogens (primary N) is 1. The minimum Gasteiger partial charge on any atom is -0.390 e. The van der Waals surface area contributed by atoms with E-state index in [4.69, 9.17) is 5.73 Å². The second-order valence-corrected chi connectivity index (χ2v) is 2.99. The first-order valence-corrected chi connectivity index (χ1v) is 4.20. The van der Waals surface area contributed by atoms with Crippen LogP contribution in [0.25, 0.3) is 0 Å². The Bertz CT molecular complexity index is 262. The van der Waals surface area contributed by atoms with Crippen molar-refractivity contribution in [1.82, 2.24) is 9.55 Å². The highest BCUT2D eigenvalue weighted by Crippen LogP contribution is 2.15. The third-order valence-electron chi connectivity index (χ3n) is 1.95. The second kappa shape index (κ2) is 4.36. The van der Waals surface area contributed by atoms with Gasteiger partial charge in [0.15, 0.2) is 0 Å². The molecule has 0 aromatic carbocycles. The average molecular weight is 185 g/mol. The molecular formula is C8H15N3O2. The van der Waals surface area contributed by atoms with Gasteiger partial charge in [-0.1, -0.05) is 0 Å². The van der Waals surface area contributed by atoms with Crippen LogP contribution in [0.5, 0.6) is 0 Å². The van der Waals surface area contributed by atoms with Crippen LogP contribution in [0.15, 0.2) is 12.4 Å². The molecule has 0 aliphatic rings. The number of imidazole rings is 1. The predicted octanol–water partition coefficient (Wildman–Crippen LogP) is -0.837. The van der Waals surface area contributed by atoms with Gasteiger partial charge in [0.05, 0.1) is 6.10 Å². The van der Waals surface area contributed by atoms with Crippen molar-refractivity contribution in [3.63, 3.8) is 0 Å². The molecular weight excluding hydrogens is 170 g/mol. The molecule has 0 radical (unpaired) electrons. The Morgan fingerprint density at radius 2 is 2.31 bits per heavy atom. The standard InChI is InChI=1S/C8H15N3O2/c1-11-5-4-10-8(11)7(13)6(12)2-3-9/h4-7,12-13H,2-3,9H2,1H3. The molecule has 0 bridgehead atoms. The van der Waals surface area contributed by atoms with E-state index in [-0.39, 0.29) is 0 Å². The Labute approximate surface area is 76.8 Å². The summed E-state index contributed by atoms with van der Waals surface area (Å²) in [7, 11) is 1.76.